The molecule has 0 aliphatic carbocycles. The van der Waals surface area contributed by atoms with E-state index in [2.05, 4.69) is 22.9 Å². The molecule has 1 heterocycles. The van der Waals surface area contributed by atoms with Crippen LogP contribution in [0.3, 0.4) is 0 Å². The average Bonchev–Trinajstić information content (AvgIpc) is 2.22. The molecular formula is C11H14ClN3. The second-order valence-electron chi connectivity index (χ2n) is 3.34. The van der Waals surface area contributed by atoms with Gasteiger partial charge in [0.25, 0.3) is 0 Å². The fourth-order valence-corrected chi connectivity index (χ4v) is 1.58. The van der Waals surface area contributed by atoms with Crippen LogP contribution >= 0.6 is 11.6 Å². The Labute approximate surface area is 95.3 Å². The van der Waals surface area contributed by atoms with Gasteiger partial charge in [-0.15, -0.1) is 0 Å². The summed E-state index contributed by atoms with van der Waals surface area (Å²) in [5.74, 6) is 0. The summed E-state index contributed by atoms with van der Waals surface area (Å²) in [6.07, 6.45) is 4.38. The molecule has 0 atom stereocenters. The molecule has 0 bridgehead atoms. The summed E-state index contributed by atoms with van der Waals surface area (Å²) in [4.78, 5) is 6.00. The molecule has 3 nitrogen and oxygen atoms in total. The molecule has 0 unspecified atom stereocenters. The predicted molar refractivity (Wildman–Crippen MR) is 60.4 cm³/mol. The van der Waals surface area contributed by atoms with Crippen molar-refractivity contribution >= 4 is 11.6 Å². The van der Waals surface area contributed by atoms with E-state index < -0.39 is 0 Å². The minimum Gasteiger partial charge on any atom is -0.286 e. The van der Waals surface area contributed by atoms with Crippen molar-refractivity contribution in [3.8, 4) is 6.07 Å². The van der Waals surface area contributed by atoms with E-state index in [1.54, 1.807) is 12.4 Å². The Morgan fingerprint density at radius 3 is 3.00 bits per heavy atom. The number of nitriles is 1. The van der Waals surface area contributed by atoms with Crippen molar-refractivity contribution in [1.29, 1.82) is 5.26 Å². The van der Waals surface area contributed by atoms with Gasteiger partial charge in [0, 0.05) is 18.9 Å². The van der Waals surface area contributed by atoms with Gasteiger partial charge in [-0.05, 0) is 24.6 Å². The first-order valence-electron chi connectivity index (χ1n) is 4.95. The van der Waals surface area contributed by atoms with Gasteiger partial charge in [0.2, 0.25) is 0 Å². The molecule has 0 N–H and O–H groups in total. The number of rotatable bonds is 5. The Morgan fingerprint density at radius 1 is 1.60 bits per heavy atom. The summed E-state index contributed by atoms with van der Waals surface area (Å²) < 4.78 is 0. The molecule has 0 fully saturated rings. The SMILES string of the molecule is CCCN(CC#N)Cc1ccncc1Cl. The van der Waals surface area contributed by atoms with E-state index >= 15 is 0 Å². The fraction of sp³-hybridized carbons (Fsp3) is 0.455. The molecule has 4 heteroatoms. The van der Waals surface area contributed by atoms with Crippen LogP contribution in [-0.2, 0) is 6.54 Å². The van der Waals surface area contributed by atoms with Crippen LogP contribution < -0.4 is 0 Å². The maximum absolute atomic E-state index is 8.67. The largest absolute Gasteiger partial charge is 0.286 e. The first kappa shape index (κ1) is 12.0. The van der Waals surface area contributed by atoms with Gasteiger partial charge in [0.1, 0.15) is 0 Å². The van der Waals surface area contributed by atoms with Crippen molar-refractivity contribution in [2.75, 3.05) is 13.1 Å². The van der Waals surface area contributed by atoms with Crippen molar-refractivity contribution in [3.63, 3.8) is 0 Å². The van der Waals surface area contributed by atoms with Crippen LogP contribution in [0.5, 0.6) is 0 Å². The third-order valence-corrected chi connectivity index (χ3v) is 2.42. The third-order valence-electron chi connectivity index (χ3n) is 2.08. The maximum atomic E-state index is 8.67. The lowest BCUT2D eigenvalue weighted by atomic mass is 10.2. The van der Waals surface area contributed by atoms with Crippen LogP contribution in [-0.4, -0.2) is 23.0 Å². The Hall–Kier alpha value is -1.11. The van der Waals surface area contributed by atoms with Gasteiger partial charge in [-0.1, -0.05) is 18.5 Å². The van der Waals surface area contributed by atoms with Gasteiger partial charge >= 0.3 is 0 Å². The van der Waals surface area contributed by atoms with Crippen molar-refractivity contribution in [3.05, 3.63) is 29.0 Å². The van der Waals surface area contributed by atoms with Gasteiger partial charge in [0.15, 0.2) is 0 Å². The Balaban J connectivity index is 2.66. The van der Waals surface area contributed by atoms with Crippen LogP contribution in [0.15, 0.2) is 18.5 Å². The smallest absolute Gasteiger partial charge is 0.0868 e. The van der Waals surface area contributed by atoms with Gasteiger partial charge in [-0.2, -0.15) is 5.26 Å². The number of hydrogen-bond acceptors (Lipinski definition) is 3. The minimum absolute atomic E-state index is 0.437. The molecule has 15 heavy (non-hydrogen) atoms. The molecule has 0 aliphatic rings. The van der Waals surface area contributed by atoms with Crippen LogP contribution in [0.1, 0.15) is 18.9 Å². The lowest BCUT2D eigenvalue weighted by Crippen LogP contribution is -2.24. The summed E-state index contributed by atoms with van der Waals surface area (Å²) >= 11 is 6.00. The van der Waals surface area contributed by atoms with E-state index in [1.807, 2.05) is 6.07 Å². The van der Waals surface area contributed by atoms with Crippen LogP contribution in [0.25, 0.3) is 0 Å². The molecule has 0 saturated carbocycles. The molecule has 1 rings (SSSR count). The summed E-state index contributed by atoms with van der Waals surface area (Å²) in [6, 6.07) is 4.05. The van der Waals surface area contributed by atoms with Gasteiger partial charge in [0.05, 0.1) is 17.6 Å². The Morgan fingerprint density at radius 2 is 2.40 bits per heavy atom. The van der Waals surface area contributed by atoms with E-state index in [9.17, 15) is 0 Å². The standard InChI is InChI=1S/C11H14ClN3/c1-2-6-15(7-4-13)9-10-3-5-14-8-11(10)12/h3,5,8H,2,6-7,9H2,1H3. The molecule has 0 saturated heterocycles. The molecule has 0 amide bonds. The monoisotopic (exact) mass is 223 g/mol. The zero-order valence-corrected chi connectivity index (χ0v) is 9.54. The fourth-order valence-electron chi connectivity index (χ4n) is 1.40. The van der Waals surface area contributed by atoms with E-state index in [4.69, 9.17) is 16.9 Å². The van der Waals surface area contributed by atoms with E-state index in [1.165, 1.54) is 0 Å². The lowest BCUT2D eigenvalue weighted by Gasteiger charge is -2.18. The third kappa shape index (κ3) is 3.86. The minimum atomic E-state index is 0.437. The molecule has 1 aromatic heterocycles. The molecule has 0 aromatic carbocycles. The number of halogens is 1. The quantitative estimate of drug-likeness (QED) is 0.720. The highest BCUT2D eigenvalue weighted by molar-refractivity contribution is 6.31. The molecule has 0 radical (unpaired) electrons. The number of aromatic nitrogens is 1. The predicted octanol–water partition coefficient (Wildman–Crippen LogP) is 2.47. The molecular weight excluding hydrogens is 210 g/mol. The second-order valence-corrected chi connectivity index (χ2v) is 3.74. The van der Waals surface area contributed by atoms with Crippen molar-refractivity contribution in [1.82, 2.24) is 9.88 Å². The summed E-state index contributed by atoms with van der Waals surface area (Å²) in [6.45, 7) is 4.15. The number of hydrogen-bond donors (Lipinski definition) is 0. The number of nitrogens with zero attached hydrogens (tertiary/aromatic N) is 3. The highest BCUT2D eigenvalue weighted by atomic mass is 35.5. The summed E-state index contributed by atoms with van der Waals surface area (Å²) in [5, 5.41) is 9.34. The van der Waals surface area contributed by atoms with Gasteiger partial charge < -0.3 is 0 Å². The molecule has 0 aliphatic heterocycles. The molecule has 80 valence electrons. The summed E-state index contributed by atoms with van der Waals surface area (Å²) in [7, 11) is 0. The maximum Gasteiger partial charge on any atom is 0.0868 e. The number of pyridine rings is 1. The Bertz CT molecular complexity index is 346. The average molecular weight is 224 g/mol. The zero-order chi connectivity index (χ0) is 11.1. The lowest BCUT2D eigenvalue weighted by molar-refractivity contribution is 0.298. The highest BCUT2D eigenvalue weighted by Gasteiger charge is 2.06. The van der Waals surface area contributed by atoms with Crippen LogP contribution in [0, 0.1) is 11.3 Å². The van der Waals surface area contributed by atoms with Crippen molar-refractivity contribution < 1.29 is 0 Å². The van der Waals surface area contributed by atoms with Crippen LogP contribution in [0.4, 0.5) is 0 Å². The molecule has 1 aromatic rings. The topological polar surface area (TPSA) is 39.9 Å². The molecule has 0 spiro atoms. The Kier molecular flexibility index (Phi) is 5.09. The van der Waals surface area contributed by atoms with E-state index in [0.717, 1.165) is 18.5 Å². The first-order chi connectivity index (χ1) is 7.27. The zero-order valence-electron chi connectivity index (χ0n) is 8.78. The second kappa shape index (κ2) is 6.39. The normalized spacial score (nSPS) is 10.3. The van der Waals surface area contributed by atoms with Gasteiger partial charge in [-0.3, -0.25) is 9.88 Å². The van der Waals surface area contributed by atoms with E-state index in [0.29, 0.717) is 18.1 Å². The van der Waals surface area contributed by atoms with Crippen molar-refractivity contribution in [2.24, 2.45) is 0 Å². The summed E-state index contributed by atoms with van der Waals surface area (Å²) in [5.41, 5.74) is 1.02. The van der Waals surface area contributed by atoms with Crippen molar-refractivity contribution in [2.45, 2.75) is 19.9 Å². The highest BCUT2D eigenvalue weighted by Crippen LogP contribution is 2.15. The van der Waals surface area contributed by atoms with E-state index in [-0.39, 0.29) is 0 Å². The van der Waals surface area contributed by atoms with Gasteiger partial charge in [-0.25, -0.2) is 0 Å². The van der Waals surface area contributed by atoms with Crippen LogP contribution in [0.2, 0.25) is 5.02 Å². The first-order valence-corrected chi connectivity index (χ1v) is 5.33.